The van der Waals surface area contributed by atoms with Crippen molar-refractivity contribution >= 4 is 16.9 Å². The van der Waals surface area contributed by atoms with E-state index in [0.29, 0.717) is 0 Å². The number of rotatable bonds is 2. The number of nitrogens with zero attached hydrogens (tertiary/aromatic N) is 3. The van der Waals surface area contributed by atoms with E-state index in [-0.39, 0.29) is 16.9 Å². The molecule has 2 aromatic rings. The quantitative estimate of drug-likeness (QED) is 0.398. The van der Waals surface area contributed by atoms with E-state index >= 15 is 0 Å². The largest absolute Gasteiger partial charge is 0.394 e. The number of aromatic amines is 1. The van der Waals surface area contributed by atoms with E-state index in [0.717, 1.165) is 4.80 Å². The maximum atomic E-state index is 11.7. The van der Waals surface area contributed by atoms with E-state index < -0.39 is 36.7 Å². The molecule has 0 bridgehead atoms. The normalized spacial score (nSPS) is 30.1. The first kappa shape index (κ1) is 13.0. The first-order chi connectivity index (χ1) is 9.51. The molecule has 0 saturated carbocycles. The number of aliphatic hydroxyl groups is 3. The second-order valence-corrected chi connectivity index (χ2v) is 4.54. The van der Waals surface area contributed by atoms with Gasteiger partial charge in [0.1, 0.15) is 29.6 Å². The van der Waals surface area contributed by atoms with Gasteiger partial charge in [0.15, 0.2) is 11.7 Å². The Morgan fingerprint density at radius 2 is 2.15 bits per heavy atom. The first-order valence-electron chi connectivity index (χ1n) is 5.89. The first-order valence-corrected chi connectivity index (χ1v) is 5.89. The summed E-state index contributed by atoms with van der Waals surface area (Å²) in [5.74, 6) is 0.135. The van der Waals surface area contributed by atoms with Gasteiger partial charge in [0.05, 0.1) is 6.61 Å². The van der Waals surface area contributed by atoms with Crippen molar-refractivity contribution in [3.63, 3.8) is 0 Å². The number of nitrogens with one attached hydrogen (secondary N) is 1. The number of nitrogens with two attached hydrogens (primary N) is 1. The highest BCUT2D eigenvalue weighted by molar-refractivity contribution is 5.74. The van der Waals surface area contributed by atoms with Crippen LogP contribution in [0.5, 0.6) is 0 Å². The summed E-state index contributed by atoms with van der Waals surface area (Å²) in [7, 11) is 0. The molecular weight excluding hydrogens is 270 g/mol. The molecule has 0 amide bonds. The fraction of sp³-hybridized carbons (Fsp3) is 0.500. The number of anilines is 1. The molecule has 0 aliphatic carbocycles. The van der Waals surface area contributed by atoms with Crippen LogP contribution in [0.4, 0.5) is 5.82 Å². The highest BCUT2D eigenvalue weighted by Gasteiger charge is 2.44. The summed E-state index contributed by atoms with van der Waals surface area (Å²) in [5.41, 5.74) is 5.26. The molecule has 1 aliphatic rings. The predicted octanol–water partition coefficient (Wildman–Crippen LogP) is -2.69. The molecule has 0 radical (unpaired) electrons. The second kappa shape index (κ2) is 4.52. The van der Waals surface area contributed by atoms with Crippen LogP contribution >= 0.6 is 0 Å². The molecule has 0 aromatic carbocycles. The summed E-state index contributed by atoms with van der Waals surface area (Å²) in [4.78, 5) is 15.0. The lowest BCUT2D eigenvalue weighted by atomic mass is 10.1. The molecule has 20 heavy (non-hydrogen) atoms. The fourth-order valence-electron chi connectivity index (χ4n) is 2.15. The average molecular weight is 283 g/mol. The number of nitrogen functional groups attached to an aromatic ring is 1. The summed E-state index contributed by atoms with van der Waals surface area (Å²) in [6, 6.07) is 1.42. The number of fused-ring (bicyclic) bond motifs is 1. The minimum atomic E-state index is -1.31. The Kier molecular flexibility index (Phi) is 2.94. The number of aliphatic hydroxyl groups excluding tert-OH is 3. The van der Waals surface area contributed by atoms with Crippen molar-refractivity contribution < 1.29 is 20.1 Å². The Labute approximate surface area is 111 Å². The standard InChI is InChI=1S/C10H13N5O5/c11-5-1-3-6(9(19)12-5)14-15(13-3)10-8(18)7(17)4(2-16)20-10/h1,4,7-8,10,16-18H,2,11H2,(H,12,19)/t4-,7-,8-,10-/m1/s1. The van der Waals surface area contributed by atoms with Crippen molar-refractivity contribution in [2.24, 2.45) is 0 Å². The minimum Gasteiger partial charge on any atom is -0.394 e. The molecule has 10 heteroatoms. The van der Waals surface area contributed by atoms with Gasteiger partial charge < -0.3 is 30.8 Å². The lowest BCUT2D eigenvalue weighted by molar-refractivity contribution is -0.0650. The summed E-state index contributed by atoms with van der Waals surface area (Å²) >= 11 is 0. The summed E-state index contributed by atoms with van der Waals surface area (Å²) in [6.45, 7) is -0.455. The van der Waals surface area contributed by atoms with Crippen LogP contribution in [-0.4, -0.2) is 60.2 Å². The zero-order valence-corrected chi connectivity index (χ0v) is 10.2. The summed E-state index contributed by atoms with van der Waals surface area (Å²) in [6.07, 6.45) is -4.60. The van der Waals surface area contributed by atoms with Gasteiger partial charge in [-0.05, 0) is 0 Å². The van der Waals surface area contributed by atoms with Crippen molar-refractivity contribution in [3.8, 4) is 0 Å². The average Bonchev–Trinajstić information content (AvgIpc) is 2.93. The van der Waals surface area contributed by atoms with Crippen LogP contribution in [0.25, 0.3) is 11.0 Å². The summed E-state index contributed by atoms with van der Waals surface area (Å²) in [5, 5.41) is 36.5. The third kappa shape index (κ3) is 1.86. The van der Waals surface area contributed by atoms with E-state index in [1.54, 1.807) is 0 Å². The molecule has 0 unspecified atom stereocenters. The zero-order valence-electron chi connectivity index (χ0n) is 10.2. The molecule has 3 heterocycles. The van der Waals surface area contributed by atoms with Gasteiger partial charge in [-0.1, -0.05) is 0 Å². The topological polar surface area (TPSA) is 160 Å². The smallest absolute Gasteiger partial charge is 0.279 e. The van der Waals surface area contributed by atoms with E-state index in [2.05, 4.69) is 15.2 Å². The Bertz CT molecular complexity index is 697. The lowest BCUT2D eigenvalue weighted by Gasteiger charge is -2.12. The Hall–Kier alpha value is -2.01. The van der Waals surface area contributed by atoms with Crippen LogP contribution < -0.4 is 11.3 Å². The Morgan fingerprint density at radius 1 is 1.40 bits per heavy atom. The number of H-pyrrole nitrogens is 1. The van der Waals surface area contributed by atoms with Gasteiger partial charge in [-0.3, -0.25) is 4.79 Å². The highest BCUT2D eigenvalue weighted by atomic mass is 16.6. The van der Waals surface area contributed by atoms with Crippen molar-refractivity contribution in [2.45, 2.75) is 24.5 Å². The number of ether oxygens (including phenoxy) is 1. The van der Waals surface area contributed by atoms with Crippen molar-refractivity contribution in [3.05, 3.63) is 16.4 Å². The molecular formula is C10H13N5O5. The Morgan fingerprint density at radius 3 is 2.80 bits per heavy atom. The van der Waals surface area contributed by atoms with Crippen LogP contribution in [0.15, 0.2) is 10.9 Å². The van der Waals surface area contributed by atoms with Crippen LogP contribution in [0.2, 0.25) is 0 Å². The minimum absolute atomic E-state index is 0.0388. The maximum absolute atomic E-state index is 11.7. The van der Waals surface area contributed by atoms with Gasteiger partial charge in [-0.25, -0.2) is 0 Å². The lowest BCUT2D eigenvalue weighted by Crippen LogP contribution is -2.33. The SMILES string of the molecule is Nc1cc2nn([C@@H]3O[C@H](CO)[C@@H](O)[C@H]3O)nc2c(=O)[nH]1. The van der Waals surface area contributed by atoms with E-state index in [1.807, 2.05) is 0 Å². The molecule has 4 atom stereocenters. The van der Waals surface area contributed by atoms with Crippen LogP contribution in [0, 0.1) is 0 Å². The van der Waals surface area contributed by atoms with Crippen LogP contribution in [-0.2, 0) is 4.74 Å². The van der Waals surface area contributed by atoms with Crippen LogP contribution in [0.1, 0.15) is 6.23 Å². The molecule has 0 spiro atoms. The number of hydrogen-bond acceptors (Lipinski definition) is 8. The Balaban J connectivity index is 2.03. The van der Waals surface area contributed by atoms with E-state index in [1.165, 1.54) is 6.07 Å². The van der Waals surface area contributed by atoms with E-state index in [9.17, 15) is 15.0 Å². The van der Waals surface area contributed by atoms with E-state index in [4.69, 9.17) is 15.6 Å². The van der Waals surface area contributed by atoms with Gasteiger partial charge in [0.25, 0.3) is 5.56 Å². The molecule has 10 nitrogen and oxygen atoms in total. The van der Waals surface area contributed by atoms with Crippen LogP contribution in [0.3, 0.4) is 0 Å². The van der Waals surface area contributed by atoms with Gasteiger partial charge in [0, 0.05) is 6.07 Å². The number of pyridine rings is 1. The van der Waals surface area contributed by atoms with Gasteiger partial charge in [-0.2, -0.15) is 9.90 Å². The maximum Gasteiger partial charge on any atom is 0.279 e. The zero-order chi connectivity index (χ0) is 14.4. The highest BCUT2D eigenvalue weighted by Crippen LogP contribution is 2.28. The number of aromatic nitrogens is 4. The molecule has 6 N–H and O–H groups in total. The van der Waals surface area contributed by atoms with Gasteiger partial charge in [-0.15, -0.1) is 5.10 Å². The number of hydrogen-bond donors (Lipinski definition) is 5. The molecule has 1 aliphatic heterocycles. The summed E-state index contributed by atoms with van der Waals surface area (Å²) < 4.78 is 5.27. The third-order valence-corrected chi connectivity index (χ3v) is 3.17. The molecule has 108 valence electrons. The molecule has 3 rings (SSSR count). The molecule has 2 aromatic heterocycles. The monoisotopic (exact) mass is 283 g/mol. The van der Waals surface area contributed by atoms with Gasteiger partial charge in [0.2, 0.25) is 0 Å². The fourth-order valence-corrected chi connectivity index (χ4v) is 2.15. The van der Waals surface area contributed by atoms with Crippen molar-refractivity contribution in [1.29, 1.82) is 0 Å². The third-order valence-electron chi connectivity index (χ3n) is 3.17. The molecule has 1 saturated heterocycles. The van der Waals surface area contributed by atoms with Crippen molar-refractivity contribution in [1.82, 2.24) is 20.0 Å². The van der Waals surface area contributed by atoms with Gasteiger partial charge >= 0.3 is 0 Å². The predicted molar refractivity (Wildman–Crippen MR) is 65.6 cm³/mol. The van der Waals surface area contributed by atoms with Crippen molar-refractivity contribution in [2.75, 3.05) is 12.3 Å². The second-order valence-electron chi connectivity index (χ2n) is 4.54. The molecule has 1 fully saturated rings.